The number of nitrogens with zero attached hydrogens (tertiary/aromatic N) is 3. The Hall–Kier alpha value is -3.07. The molecule has 1 aromatic heterocycles. The monoisotopic (exact) mass is 341 g/mol. The molecule has 1 heterocycles. The van der Waals surface area contributed by atoms with E-state index in [0.717, 1.165) is 45.3 Å². The zero-order valence-corrected chi connectivity index (χ0v) is 15.7. The SMILES string of the molecule is CC(=Nc1ccccc1C)c1cccc(C(C)=Nc2ccccc2C)n1. The van der Waals surface area contributed by atoms with Crippen LogP contribution in [-0.2, 0) is 0 Å². The third-order valence-electron chi connectivity index (χ3n) is 4.30. The third kappa shape index (κ3) is 4.12. The first-order valence-electron chi connectivity index (χ1n) is 8.74. The lowest BCUT2D eigenvalue weighted by molar-refractivity contribution is 1.23. The molecule has 0 atom stereocenters. The zero-order valence-electron chi connectivity index (χ0n) is 15.7. The molecule has 130 valence electrons. The number of pyridine rings is 1. The minimum Gasteiger partial charge on any atom is -0.251 e. The minimum atomic E-state index is 0.866. The number of rotatable bonds is 4. The molecule has 0 radical (unpaired) electrons. The lowest BCUT2D eigenvalue weighted by atomic mass is 10.1. The van der Waals surface area contributed by atoms with E-state index in [1.807, 2.05) is 68.4 Å². The third-order valence-corrected chi connectivity index (χ3v) is 4.30. The summed E-state index contributed by atoms with van der Waals surface area (Å²) in [6.07, 6.45) is 0. The van der Waals surface area contributed by atoms with Gasteiger partial charge in [0, 0.05) is 0 Å². The highest BCUT2D eigenvalue weighted by Crippen LogP contribution is 2.20. The van der Waals surface area contributed by atoms with Crippen LogP contribution in [0, 0.1) is 13.8 Å². The van der Waals surface area contributed by atoms with Gasteiger partial charge in [0.15, 0.2) is 0 Å². The van der Waals surface area contributed by atoms with Crippen molar-refractivity contribution in [2.24, 2.45) is 9.98 Å². The molecule has 2 aromatic carbocycles. The van der Waals surface area contributed by atoms with Gasteiger partial charge in [-0.05, 0) is 63.1 Å². The van der Waals surface area contributed by atoms with Crippen molar-refractivity contribution in [2.75, 3.05) is 0 Å². The fourth-order valence-electron chi connectivity index (χ4n) is 2.69. The van der Waals surface area contributed by atoms with E-state index in [2.05, 4.69) is 26.0 Å². The Bertz CT molecular complexity index is 907. The van der Waals surface area contributed by atoms with Gasteiger partial charge in [-0.2, -0.15) is 0 Å². The van der Waals surface area contributed by atoms with Gasteiger partial charge < -0.3 is 0 Å². The lowest BCUT2D eigenvalue weighted by Gasteiger charge is -2.07. The summed E-state index contributed by atoms with van der Waals surface area (Å²) >= 11 is 0. The second-order valence-electron chi connectivity index (χ2n) is 6.38. The first kappa shape index (κ1) is 17.7. The Labute approximate surface area is 155 Å². The van der Waals surface area contributed by atoms with Crippen molar-refractivity contribution in [1.29, 1.82) is 0 Å². The lowest BCUT2D eigenvalue weighted by Crippen LogP contribution is -2.05. The average molecular weight is 341 g/mol. The summed E-state index contributed by atoms with van der Waals surface area (Å²) in [5.41, 5.74) is 7.77. The van der Waals surface area contributed by atoms with Crippen molar-refractivity contribution in [1.82, 2.24) is 4.98 Å². The highest BCUT2D eigenvalue weighted by molar-refractivity contribution is 6.02. The molecule has 0 N–H and O–H groups in total. The molecular formula is C23H23N3. The van der Waals surface area contributed by atoms with Crippen LogP contribution < -0.4 is 0 Å². The van der Waals surface area contributed by atoms with E-state index in [0.29, 0.717) is 0 Å². The Balaban J connectivity index is 1.93. The van der Waals surface area contributed by atoms with Crippen molar-refractivity contribution in [3.8, 4) is 0 Å². The molecule has 0 aliphatic heterocycles. The van der Waals surface area contributed by atoms with Crippen LogP contribution in [0.25, 0.3) is 0 Å². The number of aliphatic imine (C=N–C) groups is 2. The van der Waals surface area contributed by atoms with Gasteiger partial charge >= 0.3 is 0 Å². The van der Waals surface area contributed by atoms with Crippen molar-refractivity contribution >= 4 is 22.8 Å². The maximum Gasteiger partial charge on any atom is 0.0849 e. The molecule has 0 saturated carbocycles. The van der Waals surface area contributed by atoms with E-state index in [9.17, 15) is 0 Å². The number of benzene rings is 2. The van der Waals surface area contributed by atoms with Gasteiger partial charge in [0.2, 0.25) is 0 Å². The van der Waals surface area contributed by atoms with Crippen LogP contribution in [0.2, 0.25) is 0 Å². The summed E-state index contributed by atoms with van der Waals surface area (Å²) in [4.78, 5) is 14.2. The smallest absolute Gasteiger partial charge is 0.0849 e. The second kappa shape index (κ2) is 7.87. The van der Waals surface area contributed by atoms with Gasteiger partial charge in [-0.15, -0.1) is 0 Å². The predicted octanol–water partition coefficient (Wildman–Crippen LogP) is 5.98. The summed E-state index contributed by atoms with van der Waals surface area (Å²) in [6.45, 7) is 8.11. The molecule has 0 saturated heterocycles. The molecule has 3 aromatic rings. The molecule has 0 aliphatic carbocycles. The van der Waals surface area contributed by atoms with Crippen LogP contribution in [-0.4, -0.2) is 16.4 Å². The van der Waals surface area contributed by atoms with Crippen molar-refractivity contribution < 1.29 is 0 Å². The number of para-hydroxylation sites is 2. The van der Waals surface area contributed by atoms with Crippen LogP contribution >= 0.6 is 0 Å². The highest BCUT2D eigenvalue weighted by atomic mass is 14.8. The van der Waals surface area contributed by atoms with Gasteiger partial charge in [0.25, 0.3) is 0 Å². The van der Waals surface area contributed by atoms with Crippen molar-refractivity contribution in [3.05, 3.63) is 89.2 Å². The van der Waals surface area contributed by atoms with Crippen LogP contribution in [0.15, 0.2) is 76.7 Å². The maximum atomic E-state index is 4.76. The zero-order chi connectivity index (χ0) is 18.5. The van der Waals surface area contributed by atoms with Gasteiger partial charge in [-0.25, -0.2) is 4.98 Å². The Morgan fingerprint density at radius 1 is 0.615 bits per heavy atom. The van der Waals surface area contributed by atoms with E-state index in [1.54, 1.807) is 0 Å². The van der Waals surface area contributed by atoms with Crippen LogP contribution in [0.4, 0.5) is 11.4 Å². The highest BCUT2D eigenvalue weighted by Gasteiger charge is 2.06. The molecule has 0 aliphatic rings. The largest absolute Gasteiger partial charge is 0.251 e. The van der Waals surface area contributed by atoms with Gasteiger partial charge in [-0.1, -0.05) is 42.5 Å². The normalized spacial score (nSPS) is 12.3. The topological polar surface area (TPSA) is 37.6 Å². The predicted molar refractivity (Wildman–Crippen MR) is 110 cm³/mol. The van der Waals surface area contributed by atoms with Crippen LogP contribution in [0.5, 0.6) is 0 Å². The molecular weight excluding hydrogens is 318 g/mol. The first-order valence-corrected chi connectivity index (χ1v) is 8.74. The van der Waals surface area contributed by atoms with E-state index in [1.165, 1.54) is 0 Å². The Morgan fingerprint density at radius 2 is 1.04 bits per heavy atom. The standard InChI is InChI=1S/C23H23N3/c1-16-10-5-7-12-20(16)24-18(3)22-14-9-15-23(26-22)19(4)25-21-13-8-6-11-17(21)2/h5-15H,1-4H3. The van der Waals surface area contributed by atoms with Gasteiger partial charge in [0.1, 0.15) is 0 Å². The van der Waals surface area contributed by atoms with Crippen LogP contribution in [0.3, 0.4) is 0 Å². The molecule has 0 unspecified atom stereocenters. The quantitative estimate of drug-likeness (QED) is 0.538. The summed E-state index contributed by atoms with van der Waals surface area (Å²) in [6, 6.07) is 22.2. The molecule has 3 rings (SSSR count). The Morgan fingerprint density at radius 3 is 1.46 bits per heavy atom. The molecule has 0 bridgehead atoms. The maximum absolute atomic E-state index is 4.76. The van der Waals surface area contributed by atoms with E-state index in [4.69, 9.17) is 15.0 Å². The molecule has 3 heteroatoms. The Kier molecular flexibility index (Phi) is 5.37. The van der Waals surface area contributed by atoms with Gasteiger partial charge in [0.05, 0.1) is 34.2 Å². The van der Waals surface area contributed by atoms with Gasteiger partial charge in [-0.3, -0.25) is 9.98 Å². The summed E-state index contributed by atoms with van der Waals surface area (Å²) in [7, 11) is 0. The number of aryl methyl sites for hydroxylation is 2. The first-order chi connectivity index (χ1) is 12.5. The fourth-order valence-corrected chi connectivity index (χ4v) is 2.69. The molecule has 0 spiro atoms. The molecule has 0 amide bonds. The minimum absolute atomic E-state index is 0.866. The van der Waals surface area contributed by atoms with Crippen LogP contribution in [0.1, 0.15) is 36.4 Å². The van der Waals surface area contributed by atoms with E-state index >= 15 is 0 Å². The number of hydrogen-bond acceptors (Lipinski definition) is 3. The number of aromatic nitrogens is 1. The molecule has 3 nitrogen and oxygen atoms in total. The van der Waals surface area contributed by atoms with Crippen molar-refractivity contribution in [2.45, 2.75) is 27.7 Å². The molecule has 0 fully saturated rings. The summed E-state index contributed by atoms with van der Waals surface area (Å²) in [5, 5.41) is 0. The number of hydrogen-bond donors (Lipinski definition) is 0. The van der Waals surface area contributed by atoms with E-state index < -0.39 is 0 Å². The fraction of sp³-hybridized carbons (Fsp3) is 0.174. The summed E-state index contributed by atoms with van der Waals surface area (Å²) < 4.78 is 0. The molecule has 26 heavy (non-hydrogen) atoms. The summed E-state index contributed by atoms with van der Waals surface area (Å²) in [5.74, 6) is 0. The van der Waals surface area contributed by atoms with Crippen molar-refractivity contribution in [3.63, 3.8) is 0 Å². The van der Waals surface area contributed by atoms with E-state index in [-0.39, 0.29) is 0 Å². The second-order valence-corrected chi connectivity index (χ2v) is 6.38. The average Bonchev–Trinajstić information content (AvgIpc) is 2.65.